The largest absolute Gasteiger partial charge is 0.462 e. The van der Waals surface area contributed by atoms with E-state index in [2.05, 4.69) is 13.5 Å². The summed E-state index contributed by atoms with van der Waals surface area (Å²) in [7, 11) is 1.90. The van der Waals surface area contributed by atoms with Crippen molar-refractivity contribution in [2.24, 2.45) is 0 Å². The summed E-state index contributed by atoms with van der Waals surface area (Å²) in [5, 5.41) is 0. The van der Waals surface area contributed by atoms with Gasteiger partial charge in [-0.2, -0.15) is 0 Å². The van der Waals surface area contributed by atoms with E-state index in [1.54, 1.807) is 21.1 Å². The van der Waals surface area contributed by atoms with Crippen molar-refractivity contribution in [3.05, 3.63) is 12.2 Å². The number of carbonyl (C=O) groups is 1. The van der Waals surface area contributed by atoms with Crippen molar-refractivity contribution in [1.82, 2.24) is 0 Å². The van der Waals surface area contributed by atoms with Crippen LogP contribution in [-0.4, -0.2) is 36.1 Å². The average molecular weight is 260 g/mol. The van der Waals surface area contributed by atoms with E-state index in [4.69, 9.17) is 13.6 Å². The highest BCUT2D eigenvalue weighted by molar-refractivity contribution is 6.46. The van der Waals surface area contributed by atoms with E-state index in [1.165, 1.54) is 0 Å². The Morgan fingerprint density at radius 1 is 1.29 bits per heavy atom. The highest BCUT2D eigenvalue weighted by Gasteiger charge is 2.18. The predicted octanol–water partition coefficient (Wildman–Crippen LogP) is 2.18. The molecule has 0 bridgehead atoms. The van der Waals surface area contributed by atoms with E-state index >= 15 is 0 Å². The van der Waals surface area contributed by atoms with Gasteiger partial charge in [-0.05, 0) is 31.7 Å². The molecule has 0 aliphatic carbocycles. The van der Waals surface area contributed by atoms with Crippen LogP contribution in [0.5, 0.6) is 0 Å². The number of hydrogen-bond acceptors (Lipinski definition) is 4. The molecule has 0 fully saturated rings. The van der Waals surface area contributed by atoms with Gasteiger partial charge in [-0.3, -0.25) is 0 Å². The lowest BCUT2D eigenvalue weighted by atomic mass is 10.2. The van der Waals surface area contributed by atoms with Gasteiger partial charge in [0.25, 0.3) is 0 Å². The molecule has 0 rings (SSSR count). The first-order valence-electron chi connectivity index (χ1n) is 5.91. The van der Waals surface area contributed by atoms with Gasteiger partial charge in [0.05, 0.1) is 6.61 Å². The highest BCUT2D eigenvalue weighted by Crippen LogP contribution is 2.18. The Balaban J connectivity index is 3.57. The van der Waals surface area contributed by atoms with E-state index in [0.717, 1.165) is 19.3 Å². The zero-order valence-corrected chi connectivity index (χ0v) is 12.5. The topological polar surface area (TPSA) is 44.8 Å². The normalized spacial score (nSPS) is 12.5. The predicted molar refractivity (Wildman–Crippen MR) is 70.2 cm³/mol. The summed E-state index contributed by atoms with van der Waals surface area (Å²) in [5.74, 6) is -0.306. The Hall–Kier alpha value is -0.653. The molecule has 5 heteroatoms. The van der Waals surface area contributed by atoms with Crippen LogP contribution in [0.3, 0.4) is 0 Å². The van der Waals surface area contributed by atoms with Crippen LogP contribution in [-0.2, 0) is 18.4 Å². The van der Waals surface area contributed by atoms with Crippen molar-refractivity contribution in [1.29, 1.82) is 0 Å². The highest BCUT2D eigenvalue weighted by atomic mass is 28.3. The minimum absolute atomic E-state index is 0.306. The summed E-state index contributed by atoms with van der Waals surface area (Å²) in [4.78, 5) is 11.1. The van der Waals surface area contributed by atoms with Gasteiger partial charge in [0, 0.05) is 19.8 Å². The molecule has 4 nitrogen and oxygen atoms in total. The van der Waals surface area contributed by atoms with E-state index in [1.807, 2.05) is 0 Å². The zero-order chi connectivity index (χ0) is 13.3. The molecular weight excluding hydrogens is 236 g/mol. The monoisotopic (exact) mass is 260 g/mol. The molecule has 0 aromatic heterocycles. The molecule has 0 radical (unpaired) electrons. The van der Waals surface area contributed by atoms with Crippen LogP contribution in [0.1, 0.15) is 33.1 Å². The molecule has 0 saturated heterocycles. The van der Waals surface area contributed by atoms with Gasteiger partial charge in [0.15, 0.2) is 0 Å². The number of esters is 1. The second kappa shape index (κ2) is 9.38. The number of ether oxygens (including phenoxy) is 1. The molecule has 0 aliphatic rings. The van der Waals surface area contributed by atoms with Crippen LogP contribution in [0.4, 0.5) is 0 Å². The fourth-order valence-electron chi connectivity index (χ4n) is 1.55. The van der Waals surface area contributed by atoms with Gasteiger partial charge in [-0.15, -0.1) is 0 Å². The fraction of sp³-hybridized carbons (Fsp3) is 0.750. The molecule has 0 amide bonds. The third-order valence-electron chi connectivity index (χ3n) is 2.56. The smallest absolute Gasteiger partial charge is 0.333 e. The molecule has 0 N–H and O–H groups in total. The first-order chi connectivity index (χ1) is 8.02. The van der Waals surface area contributed by atoms with Gasteiger partial charge < -0.3 is 13.6 Å². The van der Waals surface area contributed by atoms with E-state index < -0.39 is 9.28 Å². The van der Waals surface area contributed by atoms with Crippen molar-refractivity contribution < 1.29 is 18.4 Å². The van der Waals surface area contributed by atoms with Crippen molar-refractivity contribution >= 4 is 15.3 Å². The maximum atomic E-state index is 11.1. The van der Waals surface area contributed by atoms with Gasteiger partial charge in [0.2, 0.25) is 0 Å². The van der Waals surface area contributed by atoms with Gasteiger partial charge in [-0.1, -0.05) is 13.5 Å². The maximum Gasteiger partial charge on any atom is 0.333 e. The molecule has 1 atom stereocenters. The molecule has 0 heterocycles. The standard InChI is InChI=1S/C12H24O4Si/c1-10(2)12(13)16-9-7-6-8-11(3)17(14-4)15-5/h11,17H,1,6-9H2,2-5H3. The average Bonchev–Trinajstić information content (AvgIpc) is 2.29. The summed E-state index contributed by atoms with van der Waals surface area (Å²) in [6.07, 6.45) is 2.93. The Morgan fingerprint density at radius 3 is 2.35 bits per heavy atom. The lowest BCUT2D eigenvalue weighted by Gasteiger charge is -2.18. The van der Waals surface area contributed by atoms with Crippen molar-refractivity contribution in [2.45, 2.75) is 38.7 Å². The molecule has 1 unspecified atom stereocenters. The quantitative estimate of drug-likeness (QED) is 0.276. The molecule has 100 valence electrons. The van der Waals surface area contributed by atoms with Crippen LogP contribution in [0, 0.1) is 0 Å². The van der Waals surface area contributed by atoms with Crippen LogP contribution in [0.15, 0.2) is 12.2 Å². The summed E-state index contributed by atoms with van der Waals surface area (Å²) in [6, 6.07) is 0. The minimum Gasteiger partial charge on any atom is -0.462 e. The first-order valence-corrected chi connectivity index (χ1v) is 7.52. The van der Waals surface area contributed by atoms with Gasteiger partial charge >= 0.3 is 15.3 Å². The van der Waals surface area contributed by atoms with Crippen LogP contribution in [0.2, 0.25) is 5.54 Å². The second-order valence-corrected chi connectivity index (χ2v) is 7.05. The summed E-state index contributed by atoms with van der Waals surface area (Å²) >= 11 is 0. The molecule has 17 heavy (non-hydrogen) atoms. The molecule has 0 spiro atoms. The Labute approximate surface area is 106 Å². The fourth-order valence-corrected chi connectivity index (χ4v) is 3.18. The first kappa shape index (κ1) is 16.3. The molecule has 0 aliphatic heterocycles. The number of rotatable bonds is 9. The molecular formula is C12H24O4Si. The molecule has 0 saturated carbocycles. The second-order valence-electron chi connectivity index (χ2n) is 4.23. The van der Waals surface area contributed by atoms with E-state index in [0.29, 0.717) is 17.7 Å². The number of unbranched alkanes of at least 4 members (excludes halogenated alkanes) is 1. The number of hydrogen-bond donors (Lipinski definition) is 0. The summed E-state index contributed by atoms with van der Waals surface area (Å²) < 4.78 is 15.6. The van der Waals surface area contributed by atoms with Gasteiger partial charge in [-0.25, -0.2) is 4.79 Å². The third-order valence-corrected chi connectivity index (χ3v) is 4.76. The lowest BCUT2D eigenvalue weighted by Crippen LogP contribution is -2.24. The van der Waals surface area contributed by atoms with Crippen molar-refractivity contribution in [2.75, 3.05) is 20.8 Å². The Kier molecular flexibility index (Phi) is 9.02. The number of carbonyl (C=O) groups excluding carboxylic acids is 1. The van der Waals surface area contributed by atoms with Crippen LogP contribution >= 0.6 is 0 Å². The summed E-state index contributed by atoms with van der Waals surface area (Å²) in [6.45, 7) is 7.78. The maximum absolute atomic E-state index is 11.1. The summed E-state index contributed by atoms with van der Waals surface area (Å²) in [5.41, 5.74) is 0.923. The van der Waals surface area contributed by atoms with Crippen molar-refractivity contribution in [3.8, 4) is 0 Å². The Bertz CT molecular complexity index is 239. The van der Waals surface area contributed by atoms with E-state index in [9.17, 15) is 4.79 Å². The van der Waals surface area contributed by atoms with Crippen LogP contribution in [0.25, 0.3) is 0 Å². The molecule has 0 aromatic rings. The zero-order valence-electron chi connectivity index (χ0n) is 11.3. The molecule has 0 aromatic carbocycles. The third kappa shape index (κ3) is 7.30. The Morgan fingerprint density at radius 2 is 1.88 bits per heavy atom. The lowest BCUT2D eigenvalue weighted by molar-refractivity contribution is -0.139. The van der Waals surface area contributed by atoms with Crippen LogP contribution < -0.4 is 0 Å². The van der Waals surface area contributed by atoms with Gasteiger partial charge in [0.1, 0.15) is 0 Å². The minimum atomic E-state index is -1.50. The van der Waals surface area contributed by atoms with E-state index in [-0.39, 0.29) is 5.97 Å². The SMILES string of the molecule is C=C(C)C(=O)OCCCCC(C)[SiH](OC)OC. The van der Waals surface area contributed by atoms with Crippen molar-refractivity contribution in [3.63, 3.8) is 0 Å².